The van der Waals surface area contributed by atoms with Crippen molar-refractivity contribution >= 4 is 11.3 Å². The van der Waals surface area contributed by atoms with Gasteiger partial charge in [-0.05, 0) is 6.92 Å². The Hall–Kier alpha value is -1.23. The van der Waals surface area contributed by atoms with Crippen molar-refractivity contribution in [1.29, 1.82) is 0 Å². The standard InChI is InChI=1S/C6H6N4S/c1-4-5(9-10-8-4)6-7-2-3-11-6/h2-3H,1H3,(H,8,9,10). The van der Waals surface area contributed by atoms with Gasteiger partial charge in [-0.3, -0.25) is 0 Å². The van der Waals surface area contributed by atoms with Gasteiger partial charge in [0.25, 0.3) is 0 Å². The fraction of sp³-hybridized carbons (Fsp3) is 0.167. The van der Waals surface area contributed by atoms with Gasteiger partial charge in [0.15, 0.2) is 0 Å². The van der Waals surface area contributed by atoms with Gasteiger partial charge in [-0.2, -0.15) is 15.4 Å². The first-order chi connectivity index (χ1) is 5.38. The maximum atomic E-state index is 4.12. The summed E-state index contributed by atoms with van der Waals surface area (Å²) in [6.45, 7) is 1.90. The fourth-order valence-corrected chi connectivity index (χ4v) is 1.50. The van der Waals surface area contributed by atoms with E-state index in [0.717, 1.165) is 16.4 Å². The lowest BCUT2D eigenvalue weighted by atomic mass is 10.4. The second kappa shape index (κ2) is 2.43. The third-order valence-corrected chi connectivity index (χ3v) is 2.14. The van der Waals surface area contributed by atoms with Crippen LogP contribution in [-0.4, -0.2) is 20.4 Å². The number of aromatic nitrogens is 4. The van der Waals surface area contributed by atoms with E-state index in [4.69, 9.17) is 0 Å². The molecule has 4 nitrogen and oxygen atoms in total. The van der Waals surface area contributed by atoms with Crippen LogP contribution < -0.4 is 0 Å². The van der Waals surface area contributed by atoms with Crippen molar-refractivity contribution in [3.8, 4) is 10.7 Å². The van der Waals surface area contributed by atoms with Crippen LogP contribution in [0.4, 0.5) is 0 Å². The Balaban J connectivity index is 2.53. The van der Waals surface area contributed by atoms with Crippen LogP contribution in [0, 0.1) is 6.92 Å². The van der Waals surface area contributed by atoms with Crippen LogP contribution in [-0.2, 0) is 0 Å². The van der Waals surface area contributed by atoms with Crippen LogP contribution in [0.15, 0.2) is 11.6 Å². The maximum Gasteiger partial charge on any atom is 0.145 e. The third kappa shape index (κ3) is 1.03. The molecule has 0 saturated carbocycles. The summed E-state index contributed by atoms with van der Waals surface area (Å²) in [4.78, 5) is 4.12. The molecular weight excluding hydrogens is 160 g/mol. The van der Waals surface area contributed by atoms with Crippen molar-refractivity contribution in [2.24, 2.45) is 0 Å². The predicted molar refractivity (Wildman–Crippen MR) is 42.2 cm³/mol. The van der Waals surface area contributed by atoms with Crippen molar-refractivity contribution in [2.45, 2.75) is 6.92 Å². The number of nitrogens with zero attached hydrogens (tertiary/aromatic N) is 3. The molecule has 0 atom stereocenters. The number of hydrogen-bond donors (Lipinski definition) is 1. The molecule has 0 saturated heterocycles. The van der Waals surface area contributed by atoms with Crippen molar-refractivity contribution in [3.05, 3.63) is 17.3 Å². The first kappa shape index (κ1) is 6.48. The first-order valence-electron chi connectivity index (χ1n) is 3.15. The summed E-state index contributed by atoms with van der Waals surface area (Å²) in [6.07, 6.45) is 1.76. The average molecular weight is 166 g/mol. The normalized spacial score (nSPS) is 10.3. The van der Waals surface area contributed by atoms with Gasteiger partial charge in [-0.15, -0.1) is 11.3 Å². The quantitative estimate of drug-likeness (QED) is 0.693. The topological polar surface area (TPSA) is 54.5 Å². The predicted octanol–water partition coefficient (Wildman–Crippen LogP) is 1.24. The molecule has 0 aliphatic carbocycles. The van der Waals surface area contributed by atoms with E-state index in [0.29, 0.717) is 0 Å². The molecule has 2 rings (SSSR count). The van der Waals surface area contributed by atoms with E-state index >= 15 is 0 Å². The van der Waals surface area contributed by atoms with E-state index in [1.54, 1.807) is 17.5 Å². The Kier molecular flexibility index (Phi) is 1.43. The Morgan fingerprint density at radius 2 is 2.36 bits per heavy atom. The molecule has 2 aromatic heterocycles. The molecule has 0 bridgehead atoms. The number of aromatic amines is 1. The van der Waals surface area contributed by atoms with Crippen molar-refractivity contribution in [1.82, 2.24) is 20.4 Å². The van der Waals surface area contributed by atoms with E-state index in [1.165, 1.54) is 0 Å². The Morgan fingerprint density at radius 1 is 1.45 bits per heavy atom. The van der Waals surface area contributed by atoms with Crippen LogP contribution in [0.25, 0.3) is 10.7 Å². The molecule has 5 heteroatoms. The third-order valence-electron chi connectivity index (χ3n) is 1.36. The highest BCUT2D eigenvalue weighted by atomic mass is 32.1. The molecular formula is C6H6N4S. The minimum atomic E-state index is 0.847. The molecule has 1 N–H and O–H groups in total. The zero-order valence-corrected chi connectivity index (χ0v) is 6.72. The van der Waals surface area contributed by atoms with Gasteiger partial charge >= 0.3 is 0 Å². The molecule has 0 unspecified atom stereocenters. The molecule has 0 aromatic carbocycles. The largest absolute Gasteiger partial charge is 0.243 e. The number of hydrogen-bond acceptors (Lipinski definition) is 4. The van der Waals surface area contributed by atoms with Gasteiger partial charge in [-0.25, -0.2) is 4.98 Å². The molecule has 0 aliphatic heterocycles. The Bertz CT molecular complexity index is 337. The molecule has 0 radical (unpaired) electrons. The second-order valence-electron chi connectivity index (χ2n) is 2.09. The molecule has 56 valence electrons. The lowest BCUT2D eigenvalue weighted by Gasteiger charge is -1.85. The number of H-pyrrole nitrogens is 1. The minimum Gasteiger partial charge on any atom is -0.243 e. The van der Waals surface area contributed by atoms with Gasteiger partial charge in [0.2, 0.25) is 0 Å². The lowest BCUT2D eigenvalue weighted by Crippen LogP contribution is -1.78. The molecule has 2 aromatic rings. The summed E-state index contributed by atoms with van der Waals surface area (Å²) in [5.41, 5.74) is 1.74. The second-order valence-corrected chi connectivity index (χ2v) is 2.99. The van der Waals surface area contributed by atoms with E-state index in [-0.39, 0.29) is 0 Å². The molecule has 0 spiro atoms. The number of nitrogens with one attached hydrogen (secondary N) is 1. The maximum absolute atomic E-state index is 4.12. The number of thiazole rings is 1. The van der Waals surface area contributed by atoms with Crippen LogP contribution in [0.2, 0.25) is 0 Å². The van der Waals surface area contributed by atoms with Crippen molar-refractivity contribution < 1.29 is 0 Å². The van der Waals surface area contributed by atoms with E-state index < -0.39 is 0 Å². The molecule has 11 heavy (non-hydrogen) atoms. The van der Waals surface area contributed by atoms with E-state index in [2.05, 4.69) is 20.4 Å². The van der Waals surface area contributed by atoms with Crippen LogP contribution in [0.3, 0.4) is 0 Å². The summed E-state index contributed by atoms with van der Waals surface area (Å²) < 4.78 is 0. The highest BCUT2D eigenvalue weighted by Gasteiger charge is 2.06. The summed E-state index contributed by atoms with van der Waals surface area (Å²) in [7, 11) is 0. The Morgan fingerprint density at radius 3 is 2.91 bits per heavy atom. The first-order valence-corrected chi connectivity index (χ1v) is 4.03. The average Bonchev–Trinajstić information content (AvgIpc) is 2.55. The molecule has 0 amide bonds. The van der Waals surface area contributed by atoms with Crippen molar-refractivity contribution in [2.75, 3.05) is 0 Å². The van der Waals surface area contributed by atoms with E-state index in [9.17, 15) is 0 Å². The fourth-order valence-electron chi connectivity index (χ4n) is 0.827. The zero-order chi connectivity index (χ0) is 7.68. The van der Waals surface area contributed by atoms with Gasteiger partial charge < -0.3 is 0 Å². The smallest absolute Gasteiger partial charge is 0.145 e. The summed E-state index contributed by atoms with van der Waals surface area (Å²) in [5, 5.41) is 13.3. The molecule has 2 heterocycles. The summed E-state index contributed by atoms with van der Waals surface area (Å²) in [5.74, 6) is 0. The van der Waals surface area contributed by atoms with Crippen molar-refractivity contribution in [3.63, 3.8) is 0 Å². The van der Waals surface area contributed by atoms with Crippen LogP contribution in [0.5, 0.6) is 0 Å². The monoisotopic (exact) mass is 166 g/mol. The van der Waals surface area contributed by atoms with Gasteiger partial charge in [0.1, 0.15) is 10.7 Å². The molecule has 0 fully saturated rings. The van der Waals surface area contributed by atoms with Gasteiger partial charge in [0.05, 0.1) is 5.69 Å². The zero-order valence-electron chi connectivity index (χ0n) is 5.90. The van der Waals surface area contributed by atoms with Gasteiger partial charge in [0, 0.05) is 11.6 Å². The SMILES string of the molecule is Cc1n[nH]nc1-c1nccs1. The van der Waals surface area contributed by atoms with Crippen LogP contribution >= 0.6 is 11.3 Å². The highest BCUT2D eigenvalue weighted by molar-refractivity contribution is 7.13. The lowest BCUT2D eigenvalue weighted by molar-refractivity contribution is 0.929. The van der Waals surface area contributed by atoms with Crippen LogP contribution in [0.1, 0.15) is 5.69 Å². The highest BCUT2D eigenvalue weighted by Crippen LogP contribution is 2.20. The summed E-state index contributed by atoms with van der Waals surface area (Å²) in [6, 6.07) is 0. The Labute approximate surface area is 67.3 Å². The summed E-state index contributed by atoms with van der Waals surface area (Å²) >= 11 is 1.56. The number of rotatable bonds is 1. The van der Waals surface area contributed by atoms with E-state index in [1.807, 2.05) is 12.3 Å². The minimum absolute atomic E-state index is 0.847. The molecule has 0 aliphatic rings. The number of aryl methyl sites for hydroxylation is 1. The van der Waals surface area contributed by atoms with Gasteiger partial charge in [-0.1, -0.05) is 0 Å².